The van der Waals surface area contributed by atoms with Gasteiger partial charge in [-0.1, -0.05) is 49.9 Å². The molecule has 0 saturated carbocycles. The highest BCUT2D eigenvalue weighted by molar-refractivity contribution is 8.13. The first kappa shape index (κ1) is 26.0. The van der Waals surface area contributed by atoms with Crippen molar-refractivity contribution in [1.29, 1.82) is 0 Å². The van der Waals surface area contributed by atoms with E-state index in [1.165, 1.54) is 17.2 Å². The number of hydrogen-bond acceptors (Lipinski definition) is 3. The molecule has 2 nitrogen and oxygen atoms in total. The average molecular weight is 486 g/mol. The first-order chi connectivity index (χ1) is 16.1. The molecule has 2 aromatic carbocycles. The SMILES string of the molecule is CCC1=CCC(C)=C(c2cccc(CCC(C)C(=O)Sc3ccc(C(F)(F)F)cc3C)c2)N=C1. The van der Waals surface area contributed by atoms with E-state index < -0.39 is 11.7 Å². The molecule has 0 fully saturated rings. The Morgan fingerprint density at radius 3 is 2.59 bits per heavy atom. The van der Waals surface area contributed by atoms with Gasteiger partial charge in [0.25, 0.3) is 0 Å². The molecule has 1 heterocycles. The molecular formula is C28H30F3NOS. The molecule has 1 unspecified atom stereocenters. The fraction of sp³-hybridized carbons (Fsp3) is 0.357. The van der Waals surface area contributed by atoms with Gasteiger partial charge in [0.15, 0.2) is 5.12 Å². The van der Waals surface area contributed by atoms with E-state index in [1.807, 2.05) is 19.2 Å². The first-order valence-corrected chi connectivity index (χ1v) is 12.3. The molecule has 0 saturated heterocycles. The molecule has 0 N–H and O–H groups in total. The lowest BCUT2D eigenvalue weighted by Crippen LogP contribution is -2.09. The summed E-state index contributed by atoms with van der Waals surface area (Å²) in [5.74, 6) is -0.219. The van der Waals surface area contributed by atoms with E-state index in [-0.39, 0.29) is 11.0 Å². The van der Waals surface area contributed by atoms with Gasteiger partial charge in [-0.3, -0.25) is 9.79 Å². The molecular weight excluding hydrogens is 455 g/mol. The minimum absolute atomic E-state index is 0.0379. The lowest BCUT2D eigenvalue weighted by Gasteiger charge is -2.13. The number of alkyl halides is 3. The van der Waals surface area contributed by atoms with Gasteiger partial charge in [-0.05, 0) is 86.1 Å². The Hall–Kier alpha value is -2.60. The fourth-order valence-electron chi connectivity index (χ4n) is 3.77. The second-order valence-corrected chi connectivity index (χ2v) is 9.81. The van der Waals surface area contributed by atoms with E-state index in [0.717, 1.165) is 60.0 Å². The maximum absolute atomic E-state index is 12.9. The van der Waals surface area contributed by atoms with Crippen molar-refractivity contribution in [1.82, 2.24) is 0 Å². The van der Waals surface area contributed by atoms with Crippen molar-refractivity contribution in [2.45, 2.75) is 64.5 Å². The molecule has 3 rings (SSSR count). The number of allylic oxidation sites excluding steroid dienone is 3. The third kappa shape index (κ3) is 6.72. The summed E-state index contributed by atoms with van der Waals surface area (Å²) in [5, 5.41) is -0.0379. The molecule has 180 valence electrons. The van der Waals surface area contributed by atoms with Crippen molar-refractivity contribution in [2.24, 2.45) is 10.9 Å². The van der Waals surface area contributed by atoms with Crippen LogP contribution in [0.2, 0.25) is 0 Å². The van der Waals surface area contributed by atoms with E-state index in [1.54, 1.807) is 6.92 Å². The molecule has 0 radical (unpaired) electrons. The third-order valence-electron chi connectivity index (χ3n) is 6.02. The number of benzene rings is 2. The van der Waals surface area contributed by atoms with Crippen LogP contribution in [0.4, 0.5) is 13.2 Å². The highest BCUT2D eigenvalue weighted by Crippen LogP contribution is 2.34. The highest BCUT2D eigenvalue weighted by Gasteiger charge is 2.30. The summed E-state index contributed by atoms with van der Waals surface area (Å²) in [5.41, 5.74) is 5.43. The minimum Gasteiger partial charge on any atom is -0.287 e. The van der Waals surface area contributed by atoms with Crippen LogP contribution in [0.1, 0.15) is 62.3 Å². The fourth-order valence-corrected chi connectivity index (χ4v) is 4.66. The Kier molecular flexibility index (Phi) is 8.58. The van der Waals surface area contributed by atoms with Crippen LogP contribution in [0.25, 0.3) is 5.70 Å². The van der Waals surface area contributed by atoms with E-state index in [9.17, 15) is 18.0 Å². The predicted molar refractivity (Wildman–Crippen MR) is 135 cm³/mol. The zero-order valence-electron chi connectivity index (χ0n) is 20.0. The summed E-state index contributed by atoms with van der Waals surface area (Å²) < 4.78 is 38.7. The van der Waals surface area contributed by atoms with Crippen molar-refractivity contribution in [3.05, 3.63) is 81.9 Å². The van der Waals surface area contributed by atoms with Crippen molar-refractivity contribution < 1.29 is 18.0 Å². The number of carbonyl (C=O) groups excluding carboxylic acids is 1. The van der Waals surface area contributed by atoms with Gasteiger partial charge in [-0.25, -0.2) is 0 Å². The summed E-state index contributed by atoms with van der Waals surface area (Å²) in [6.45, 7) is 7.71. The number of hydrogen-bond donors (Lipinski definition) is 0. The average Bonchev–Trinajstić information content (AvgIpc) is 2.99. The second-order valence-electron chi connectivity index (χ2n) is 8.76. The Bertz CT molecular complexity index is 1140. The molecule has 0 spiro atoms. The molecule has 0 bridgehead atoms. The quantitative estimate of drug-likeness (QED) is 0.368. The van der Waals surface area contributed by atoms with Crippen LogP contribution in [0.15, 0.2) is 69.6 Å². The normalized spacial score (nSPS) is 15.2. The molecule has 2 aromatic rings. The molecule has 0 aromatic heterocycles. The topological polar surface area (TPSA) is 29.4 Å². The lowest BCUT2D eigenvalue weighted by molar-refractivity contribution is -0.137. The smallest absolute Gasteiger partial charge is 0.287 e. The molecule has 0 aliphatic carbocycles. The first-order valence-electron chi connectivity index (χ1n) is 11.5. The van der Waals surface area contributed by atoms with Crippen LogP contribution in [-0.2, 0) is 17.4 Å². The Morgan fingerprint density at radius 2 is 1.91 bits per heavy atom. The van der Waals surface area contributed by atoms with Crippen LogP contribution < -0.4 is 0 Å². The summed E-state index contributed by atoms with van der Waals surface area (Å²) in [7, 11) is 0. The molecule has 1 aliphatic rings. The number of aliphatic imine (C=N–C) groups is 1. The third-order valence-corrected chi connectivity index (χ3v) is 7.31. The Balaban J connectivity index is 1.63. The van der Waals surface area contributed by atoms with Crippen molar-refractivity contribution in [3.63, 3.8) is 0 Å². The van der Waals surface area contributed by atoms with Crippen molar-refractivity contribution in [2.75, 3.05) is 0 Å². The zero-order chi connectivity index (χ0) is 24.9. The number of halogens is 3. The minimum atomic E-state index is -4.38. The van der Waals surface area contributed by atoms with Gasteiger partial charge in [0, 0.05) is 22.6 Å². The number of carbonyl (C=O) groups is 1. The summed E-state index contributed by atoms with van der Waals surface area (Å²) in [6, 6.07) is 11.8. The number of nitrogens with zero attached hydrogens (tertiary/aromatic N) is 1. The second kappa shape index (κ2) is 11.2. The largest absolute Gasteiger partial charge is 0.416 e. The maximum Gasteiger partial charge on any atom is 0.416 e. The van der Waals surface area contributed by atoms with Crippen LogP contribution in [0.5, 0.6) is 0 Å². The number of aryl methyl sites for hydroxylation is 2. The van der Waals surface area contributed by atoms with E-state index >= 15 is 0 Å². The van der Waals surface area contributed by atoms with Crippen LogP contribution in [0, 0.1) is 12.8 Å². The number of rotatable bonds is 7. The standard InChI is InChI=1S/C28H30F3NOS/c1-5-21-11-9-18(2)26(32-17-21)23-8-6-7-22(16-23)12-10-19(3)27(33)34-25-14-13-24(15-20(25)4)28(29,30)31/h6-8,11,13-17,19H,5,9-10,12H2,1-4H3. The van der Waals surface area contributed by atoms with E-state index in [0.29, 0.717) is 16.9 Å². The lowest BCUT2D eigenvalue weighted by atomic mass is 9.98. The predicted octanol–water partition coefficient (Wildman–Crippen LogP) is 8.44. The monoisotopic (exact) mass is 485 g/mol. The highest BCUT2D eigenvalue weighted by atomic mass is 32.2. The van der Waals surface area contributed by atoms with Gasteiger partial charge < -0.3 is 0 Å². The Morgan fingerprint density at radius 1 is 1.15 bits per heavy atom. The molecule has 0 amide bonds. The maximum atomic E-state index is 12.9. The van der Waals surface area contributed by atoms with Gasteiger partial charge in [-0.2, -0.15) is 13.2 Å². The summed E-state index contributed by atoms with van der Waals surface area (Å²) in [6.07, 6.45) is 3.03. The van der Waals surface area contributed by atoms with E-state index in [2.05, 4.69) is 38.1 Å². The molecule has 1 atom stereocenters. The van der Waals surface area contributed by atoms with Crippen molar-refractivity contribution >= 4 is 28.8 Å². The molecule has 1 aliphatic heterocycles. The van der Waals surface area contributed by atoms with Gasteiger partial charge in [0.2, 0.25) is 0 Å². The van der Waals surface area contributed by atoms with Crippen LogP contribution in [-0.4, -0.2) is 11.3 Å². The van der Waals surface area contributed by atoms with Gasteiger partial charge >= 0.3 is 6.18 Å². The summed E-state index contributed by atoms with van der Waals surface area (Å²) in [4.78, 5) is 18.0. The Labute approximate surface area is 204 Å². The number of thioether (sulfide) groups is 1. The van der Waals surface area contributed by atoms with Gasteiger partial charge in [-0.15, -0.1) is 0 Å². The summed E-state index contributed by atoms with van der Waals surface area (Å²) >= 11 is 1.02. The van der Waals surface area contributed by atoms with Crippen LogP contribution >= 0.6 is 11.8 Å². The molecule has 34 heavy (non-hydrogen) atoms. The zero-order valence-corrected chi connectivity index (χ0v) is 20.8. The van der Waals surface area contributed by atoms with E-state index in [4.69, 9.17) is 4.99 Å². The van der Waals surface area contributed by atoms with Crippen molar-refractivity contribution in [3.8, 4) is 0 Å². The molecule has 6 heteroatoms. The van der Waals surface area contributed by atoms with Crippen LogP contribution in [0.3, 0.4) is 0 Å². The van der Waals surface area contributed by atoms with Gasteiger partial charge in [0.1, 0.15) is 0 Å². The van der Waals surface area contributed by atoms with Gasteiger partial charge in [0.05, 0.1) is 11.3 Å².